The highest BCUT2D eigenvalue weighted by Gasteiger charge is 2.26. The molecule has 2 aromatic carbocycles. The van der Waals surface area contributed by atoms with E-state index in [4.69, 9.17) is 0 Å². The van der Waals surface area contributed by atoms with Gasteiger partial charge in [0.25, 0.3) is 10.0 Å². The molecule has 1 saturated heterocycles. The van der Waals surface area contributed by atoms with Crippen LogP contribution in [-0.4, -0.2) is 51.9 Å². The third kappa shape index (κ3) is 5.83. The molecule has 5 rings (SSSR count). The highest BCUT2D eigenvalue weighted by Crippen LogP contribution is 2.38. The smallest absolute Gasteiger partial charge is 0.333 e. The van der Waals surface area contributed by atoms with Gasteiger partial charge in [-0.2, -0.15) is 0 Å². The fraction of sp³-hybridized carbons (Fsp3) is 0.500. The van der Waals surface area contributed by atoms with Crippen LogP contribution < -0.4 is 15.4 Å². The van der Waals surface area contributed by atoms with Gasteiger partial charge < -0.3 is 15.5 Å². The van der Waals surface area contributed by atoms with E-state index in [2.05, 4.69) is 33.4 Å². The molecule has 2 aromatic rings. The number of amides is 3. The van der Waals surface area contributed by atoms with Crippen molar-refractivity contribution in [2.24, 2.45) is 5.92 Å². The second kappa shape index (κ2) is 10.8. The summed E-state index contributed by atoms with van der Waals surface area (Å²) in [7, 11) is -1.94. The number of fused-ring (bicyclic) bond motifs is 2. The number of carbonyl (C=O) groups is 2. The molecule has 1 heterocycles. The molecule has 0 bridgehead atoms. The second-order valence-electron chi connectivity index (χ2n) is 10.6. The van der Waals surface area contributed by atoms with E-state index in [-0.39, 0.29) is 16.7 Å². The van der Waals surface area contributed by atoms with Crippen LogP contribution in [0, 0.1) is 5.92 Å². The van der Waals surface area contributed by atoms with E-state index in [1.165, 1.54) is 23.3 Å². The maximum atomic E-state index is 12.9. The lowest BCUT2D eigenvalue weighted by Crippen LogP contribution is -2.39. The van der Waals surface area contributed by atoms with Crippen molar-refractivity contribution in [1.29, 1.82) is 0 Å². The number of nitrogens with one attached hydrogen (secondary N) is 3. The van der Waals surface area contributed by atoms with Gasteiger partial charge in [0.1, 0.15) is 0 Å². The molecule has 0 aromatic heterocycles. The third-order valence-electron chi connectivity index (χ3n) is 7.97. The van der Waals surface area contributed by atoms with Crippen LogP contribution >= 0.6 is 0 Å². The largest absolute Gasteiger partial charge is 0.356 e. The topological polar surface area (TPSA) is 108 Å². The Bertz CT molecular complexity index is 1250. The maximum Gasteiger partial charge on any atom is 0.333 e. The van der Waals surface area contributed by atoms with Crippen LogP contribution in [0.5, 0.6) is 0 Å². The summed E-state index contributed by atoms with van der Waals surface area (Å²) in [5, 5.41) is 5.88. The van der Waals surface area contributed by atoms with E-state index in [0.717, 1.165) is 86.8 Å². The molecule has 0 atom stereocenters. The molecular weight excluding hydrogens is 488 g/mol. The molecule has 0 spiro atoms. The number of nitrogens with zero attached hydrogens (tertiary/aromatic N) is 1. The minimum absolute atomic E-state index is 0.0327. The predicted octanol–water partition coefficient (Wildman–Crippen LogP) is 3.17. The first-order chi connectivity index (χ1) is 17.8. The monoisotopic (exact) mass is 524 g/mol. The standard InChI is InChI=1S/C28H36N4O4S/c1-32-16-13-20(14-17-32)27(33)29-15-12-19-8-10-23(11-9-19)37(35,36)31-28(34)30-26-24-6-2-4-21(24)18-22-5-3-7-25(22)26/h8-11,18,20H,2-7,12-17H2,1H3,(H,29,33)(H2,30,31,34). The Balaban J connectivity index is 1.16. The SMILES string of the molecule is CN1CCC(C(=O)NCCc2ccc(S(=O)(=O)NC(=O)Nc3c4c(cc5c3CCC5)CCC4)cc2)CC1. The summed E-state index contributed by atoms with van der Waals surface area (Å²) in [6, 6.07) is 8.00. The molecule has 2 aliphatic carbocycles. The number of likely N-dealkylation sites (tertiary alicyclic amines) is 1. The molecule has 8 nitrogen and oxygen atoms in total. The Kier molecular flexibility index (Phi) is 7.53. The average Bonchev–Trinajstić information content (AvgIpc) is 3.54. The summed E-state index contributed by atoms with van der Waals surface area (Å²) in [6.45, 7) is 2.38. The van der Waals surface area contributed by atoms with Crippen molar-refractivity contribution in [3.8, 4) is 0 Å². The quantitative estimate of drug-likeness (QED) is 0.516. The van der Waals surface area contributed by atoms with Gasteiger partial charge in [-0.05, 0) is 118 Å². The molecule has 0 unspecified atom stereocenters. The molecule has 9 heteroatoms. The Hall–Kier alpha value is -2.91. The molecule has 3 aliphatic rings. The van der Waals surface area contributed by atoms with Crippen molar-refractivity contribution in [2.45, 2.75) is 62.7 Å². The van der Waals surface area contributed by atoms with E-state index < -0.39 is 16.1 Å². The van der Waals surface area contributed by atoms with E-state index in [1.54, 1.807) is 12.1 Å². The Morgan fingerprint density at radius 2 is 1.57 bits per heavy atom. The van der Waals surface area contributed by atoms with E-state index in [9.17, 15) is 18.0 Å². The molecule has 3 amide bonds. The zero-order valence-corrected chi connectivity index (χ0v) is 22.3. The summed E-state index contributed by atoms with van der Waals surface area (Å²) in [6.07, 6.45) is 8.31. The van der Waals surface area contributed by atoms with E-state index in [0.29, 0.717) is 13.0 Å². The number of anilines is 1. The molecule has 1 fully saturated rings. The van der Waals surface area contributed by atoms with Gasteiger partial charge in [-0.3, -0.25) is 4.79 Å². The minimum Gasteiger partial charge on any atom is -0.356 e. The van der Waals surface area contributed by atoms with Gasteiger partial charge >= 0.3 is 6.03 Å². The maximum absolute atomic E-state index is 12.9. The van der Waals surface area contributed by atoms with Crippen LogP contribution in [0.4, 0.5) is 10.5 Å². The van der Waals surface area contributed by atoms with Crippen molar-refractivity contribution in [1.82, 2.24) is 14.9 Å². The minimum atomic E-state index is -4.01. The van der Waals surface area contributed by atoms with Crippen LogP contribution in [-0.2, 0) is 46.9 Å². The molecule has 0 saturated carbocycles. The number of aryl methyl sites for hydroxylation is 2. The van der Waals surface area contributed by atoms with Gasteiger partial charge in [0, 0.05) is 18.2 Å². The van der Waals surface area contributed by atoms with Gasteiger partial charge in [-0.1, -0.05) is 18.2 Å². The highest BCUT2D eigenvalue weighted by atomic mass is 32.2. The number of urea groups is 1. The van der Waals surface area contributed by atoms with Gasteiger partial charge in [-0.15, -0.1) is 0 Å². The lowest BCUT2D eigenvalue weighted by molar-refractivity contribution is -0.126. The first-order valence-electron chi connectivity index (χ1n) is 13.4. The Labute approximate surface area is 219 Å². The molecule has 37 heavy (non-hydrogen) atoms. The van der Waals surface area contributed by atoms with Crippen LogP contribution in [0.25, 0.3) is 0 Å². The second-order valence-corrected chi connectivity index (χ2v) is 12.2. The third-order valence-corrected chi connectivity index (χ3v) is 9.32. The summed E-state index contributed by atoms with van der Waals surface area (Å²) < 4.78 is 27.9. The van der Waals surface area contributed by atoms with E-state index in [1.807, 2.05) is 0 Å². The number of benzene rings is 2. The van der Waals surface area contributed by atoms with Crippen LogP contribution in [0.3, 0.4) is 0 Å². The number of hydrogen-bond donors (Lipinski definition) is 3. The zero-order chi connectivity index (χ0) is 26.0. The number of piperidine rings is 1. The van der Waals surface area contributed by atoms with Gasteiger partial charge in [0.2, 0.25) is 5.91 Å². The fourth-order valence-corrected chi connectivity index (χ4v) is 6.77. The Morgan fingerprint density at radius 3 is 2.19 bits per heavy atom. The number of sulfonamides is 1. The number of carbonyl (C=O) groups excluding carboxylic acids is 2. The van der Waals surface area contributed by atoms with Gasteiger partial charge in [-0.25, -0.2) is 17.9 Å². The van der Waals surface area contributed by atoms with Crippen LogP contribution in [0.15, 0.2) is 35.2 Å². The van der Waals surface area contributed by atoms with Crippen molar-refractivity contribution < 1.29 is 18.0 Å². The fourth-order valence-electron chi connectivity index (χ4n) is 5.87. The van der Waals surface area contributed by atoms with Gasteiger partial charge in [0.05, 0.1) is 4.90 Å². The van der Waals surface area contributed by atoms with Crippen molar-refractivity contribution in [3.05, 3.63) is 58.1 Å². The highest BCUT2D eigenvalue weighted by molar-refractivity contribution is 7.90. The molecule has 1 aliphatic heterocycles. The van der Waals surface area contributed by atoms with Crippen molar-refractivity contribution >= 4 is 27.6 Å². The predicted molar refractivity (Wildman–Crippen MR) is 143 cm³/mol. The zero-order valence-electron chi connectivity index (χ0n) is 21.4. The van der Waals surface area contributed by atoms with Crippen molar-refractivity contribution in [3.63, 3.8) is 0 Å². The summed E-state index contributed by atoms with van der Waals surface area (Å²) in [5.41, 5.74) is 6.59. The number of hydrogen-bond acceptors (Lipinski definition) is 5. The summed E-state index contributed by atoms with van der Waals surface area (Å²) >= 11 is 0. The summed E-state index contributed by atoms with van der Waals surface area (Å²) in [5.74, 6) is 0.163. The van der Waals surface area contributed by atoms with E-state index >= 15 is 0 Å². The van der Waals surface area contributed by atoms with Crippen LogP contribution in [0.1, 0.15) is 53.5 Å². The van der Waals surface area contributed by atoms with Crippen LogP contribution in [0.2, 0.25) is 0 Å². The molecule has 0 radical (unpaired) electrons. The normalized spacial score (nSPS) is 17.8. The molecule has 3 N–H and O–H groups in total. The summed E-state index contributed by atoms with van der Waals surface area (Å²) in [4.78, 5) is 27.4. The lowest BCUT2D eigenvalue weighted by Gasteiger charge is -2.28. The average molecular weight is 525 g/mol. The molecular formula is C28H36N4O4S. The first-order valence-corrected chi connectivity index (χ1v) is 14.8. The van der Waals surface area contributed by atoms with Crippen molar-refractivity contribution in [2.75, 3.05) is 32.0 Å². The number of rotatable bonds is 7. The van der Waals surface area contributed by atoms with Gasteiger partial charge in [0.15, 0.2) is 0 Å². The Morgan fingerprint density at radius 1 is 0.946 bits per heavy atom. The molecule has 198 valence electrons. The lowest BCUT2D eigenvalue weighted by atomic mass is 9.96. The first kappa shape index (κ1) is 25.7.